The van der Waals surface area contributed by atoms with E-state index in [0.717, 1.165) is 90.2 Å². The number of benzene rings is 3. The minimum Gasteiger partial charge on any atom is -0.496 e. The van der Waals surface area contributed by atoms with Gasteiger partial charge in [-0.1, -0.05) is 18.2 Å². The number of fused-ring (bicyclic) bond motifs is 1. The fraction of sp³-hybridized carbons (Fsp3) is 0.394. The van der Waals surface area contributed by atoms with Crippen molar-refractivity contribution in [2.75, 3.05) is 33.4 Å². The number of halogens is 2. The molecule has 0 saturated carbocycles. The van der Waals surface area contributed by atoms with Gasteiger partial charge in [-0.25, -0.2) is 0 Å². The Labute approximate surface area is 230 Å². The second kappa shape index (κ2) is 12.2. The number of hydrogen-bond donors (Lipinski definition) is 0. The second-order valence-corrected chi connectivity index (χ2v) is 10.6. The van der Waals surface area contributed by atoms with Crippen LogP contribution in [0.4, 0.5) is 8.92 Å². The lowest BCUT2D eigenvalue weighted by atomic mass is 9.86. The Bertz CT molecular complexity index is 1340. The largest absolute Gasteiger partial charge is 0.496 e. The van der Waals surface area contributed by atoms with Crippen molar-refractivity contribution in [3.8, 4) is 17.2 Å². The molecule has 5 rings (SSSR count). The van der Waals surface area contributed by atoms with Crippen LogP contribution >= 0.6 is 0 Å². The zero-order valence-corrected chi connectivity index (χ0v) is 23.1. The molecule has 39 heavy (non-hydrogen) atoms. The van der Waals surface area contributed by atoms with Crippen molar-refractivity contribution < 1.29 is 23.3 Å². The van der Waals surface area contributed by atoms with E-state index in [0.29, 0.717) is 6.42 Å². The normalized spacial score (nSPS) is 17.6. The maximum atomic E-state index is 13.1. The molecule has 1 fully saturated rings. The number of alkyl halides is 1. The van der Waals surface area contributed by atoms with E-state index < -0.39 is 0 Å². The lowest BCUT2D eigenvalue weighted by Gasteiger charge is -2.20. The molecule has 1 aliphatic heterocycles. The first-order valence-electron chi connectivity index (χ1n) is 13.9. The van der Waals surface area contributed by atoms with Gasteiger partial charge in [-0.05, 0) is 127 Å². The van der Waals surface area contributed by atoms with Gasteiger partial charge in [0.2, 0.25) is 0 Å². The van der Waals surface area contributed by atoms with Crippen LogP contribution in [0.2, 0.25) is 0 Å². The van der Waals surface area contributed by atoms with Crippen molar-refractivity contribution in [2.24, 2.45) is 0 Å². The summed E-state index contributed by atoms with van der Waals surface area (Å²) in [5.74, 6) is 1.95. The Morgan fingerprint density at radius 1 is 0.923 bits per heavy atom. The van der Waals surface area contributed by atoms with E-state index in [1.807, 2.05) is 24.3 Å². The maximum absolute atomic E-state index is 13.1. The fourth-order valence-electron chi connectivity index (χ4n) is 6.02. The average molecular weight is 534 g/mol. The van der Waals surface area contributed by atoms with Crippen molar-refractivity contribution in [3.05, 3.63) is 88.0 Å². The SMILES string of the molecule is COc1cc(C)c(C2=C(c3ccc(O[C@H]4CCN(CCCF)C4)cc3)c3ccc(OF)cc3CCC2)cc1C. The zero-order chi connectivity index (χ0) is 27.4. The van der Waals surface area contributed by atoms with Crippen LogP contribution < -0.4 is 14.4 Å². The summed E-state index contributed by atoms with van der Waals surface area (Å²) in [6, 6.07) is 18.2. The smallest absolute Gasteiger partial charge is 0.172 e. The lowest BCUT2D eigenvalue weighted by Crippen LogP contribution is -2.26. The number of ether oxygens (including phenoxy) is 2. The van der Waals surface area contributed by atoms with Crippen LogP contribution in [0.5, 0.6) is 17.2 Å². The molecular formula is C33H37F2NO3. The number of allylic oxidation sites excluding steroid dienone is 1. The topological polar surface area (TPSA) is 30.9 Å². The molecule has 3 aromatic rings. The van der Waals surface area contributed by atoms with Gasteiger partial charge in [-0.3, -0.25) is 14.2 Å². The Balaban J connectivity index is 1.52. The van der Waals surface area contributed by atoms with E-state index in [1.165, 1.54) is 11.1 Å². The molecule has 1 heterocycles. The predicted octanol–water partition coefficient (Wildman–Crippen LogP) is 7.68. The van der Waals surface area contributed by atoms with Crippen molar-refractivity contribution in [1.29, 1.82) is 0 Å². The molecule has 2 aliphatic rings. The first-order chi connectivity index (χ1) is 19.0. The molecule has 206 valence electrons. The van der Waals surface area contributed by atoms with Crippen LogP contribution in [0.1, 0.15) is 59.1 Å². The third-order valence-corrected chi connectivity index (χ3v) is 7.96. The molecule has 0 unspecified atom stereocenters. The van der Waals surface area contributed by atoms with Gasteiger partial charge in [0.25, 0.3) is 0 Å². The molecule has 6 heteroatoms. The third-order valence-electron chi connectivity index (χ3n) is 7.96. The van der Waals surface area contributed by atoms with Gasteiger partial charge in [0.05, 0.1) is 13.8 Å². The van der Waals surface area contributed by atoms with Gasteiger partial charge < -0.3 is 9.47 Å². The van der Waals surface area contributed by atoms with Crippen LogP contribution in [0, 0.1) is 13.8 Å². The van der Waals surface area contributed by atoms with E-state index in [1.54, 1.807) is 13.2 Å². The summed E-state index contributed by atoms with van der Waals surface area (Å²) >= 11 is 0. The highest BCUT2D eigenvalue weighted by Crippen LogP contribution is 2.43. The molecule has 1 aliphatic carbocycles. The number of likely N-dealkylation sites (tertiary alicyclic amines) is 1. The minimum absolute atomic E-state index is 0.118. The van der Waals surface area contributed by atoms with Crippen LogP contribution in [0.15, 0.2) is 54.6 Å². The first kappa shape index (κ1) is 27.2. The molecule has 0 N–H and O–H groups in total. The van der Waals surface area contributed by atoms with Crippen LogP contribution in [-0.4, -0.2) is 44.4 Å². The molecule has 1 saturated heterocycles. The number of nitrogens with zero attached hydrogens (tertiary/aromatic N) is 1. The molecule has 0 amide bonds. The van der Waals surface area contributed by atoms with Gasteiger partial charge in [-0.2, -0.15) is 0 Å². The second-order valence-electron chi connectivity index (χ2n) is 10.6. The highest BCUT2D eigenvalue weighted by atomic mass is 19.3. The Morgan fingerprint density at radius 2 is 1.72 bits per heavy atom. The molecule has 0 spiro atoms. The van der Waals surface area contributed by atoms with Gasteiger partial charge in [0.1, 0.15) is 17.6 Å². The van der Waals surface area contributed by atoms with Crippen molar-refractivity contribution in [2.45, 2.75) is 52.1 Å². The first-order valence-corrected chi connectivity index (χ1v) is 13.9. The minimum atomic E-state index is -0.276. The summed E-state index contributed by atoms with van der Waals surface area (Å²) in [5, 5.41) is 0. The summed E-state index contributed by atoms with van der Waals surface area (Å²) in [4.78, 5) is 6.34. The van der Waals surface area contributed by atoms with Crippen LogP contribution in [0.3, 0.4) is 0 Å². The maximum Gasteiger partial charge on any atom is 0.172 e. The molecule has 0 bridgehead atoms. The lowest BCUT2D eigenvalue weighted by molar-refractivity contribution is -0.00629. The van der Waals surface area contributed by atoms with Crippen molar-refractivity contribution in [1.82, 2.24) is 4.90 Å². The van der Waals surface area contributed by atoms with E-state index in [-0.39, 0.29) is 18.5 Å². The highest BCUT2D eigenvalue weighted by Gasteiger charge is 2.25. The van der Waals surface area contributed by atoms with Gasteiger partial charge in [0.15, 0.2) is 5.75 Å². The number of rotatable bonds is 9. The van der Waals surface area contributed by atoms with Gasteiger partial charge in [-0.15, -0.1) is 0 Å². The number of methoxy groups -OCH3 is 1. The zero-order valence-electron chi connectivity index (χ0n) is 23.1. The third kappa shape index (κ3) is 5.96. The fourth-order valence-corrected chi connectivity index (χ4v) is 6.02. The molecule has 4 nitrogen and oxygen atoms in total. The quantitative estimate of drug-likeness (QED) is 0.282. The molecule has 0 aromatic heterocycles. The van der Waals surface area contributed by atoms with Gasteiger partial charge >= 0.3 is 0 Å². The monoisotopic (exact) mass is 533 g/mol. The van der Waals surface area contributed by atoms with E-state index >= 15 is 0 Å². The molecular weight excluding hydrogens is 496 g/mol. The predicted molar refractivity (Wildman–Crippen MR) is 152 cm³/mol. The Kier molecular flexibility index (Phi) is 8.51. The van der Waals surface area contributed by atoms with E-state index in [9.17, 15) is 8.92 Å². The summed E-state index contributed by atoms with van der Waals surface area (Å²) < 4.78 is 37.5. The summed E-state index contributed by atoms with van der Waals surface area (Å²) in [6.07, 6.45) is 4.34. The van der Waals surface area contributed by atoms with E-state index in [4.69, 9.17) is 9.47 Å². The number of aryl methyl sites for hydroxylation is 3. The highest BCUT2D eigenvalue weighted by molar-refractivity contribution is 6.00. The summed E-state index contributed by atoms with van der Waals surface area (Å²) in [7, 11) is 1.70. The Hall–Kier alpha value is -3.38. The molecule has 0 radical (unpaired) electrons. The average Bonchev–Trinajstić information content (AvgIpc) is 3.31. The van der Waals surface area contributed by atoms with E-state index in [2.05, 4.69) is 48.0 Å². The van der Waals surface area contributed by atoms with Crippen LogP contribution in [-0.2, 0) is 6.42 Å². The standard InChI is InChI=1S/C33H37F2NO3/c1-22-19-32(37-3)23(2)18-31(22)30-7-4-6-25-20-27(39-35)12-13-29(25)33(30)24-8-10-26(11-9-24)38-28-14-17-36(21-28)16-5-15-34/h8-13,18-20,28H,4-7,14-17,21H2,1-3H3/t28-/m0/s1. The van der Waals surface area contributed by atoms with Crippen LogP contribution in [0.25, 0.3) is 11.1 Å². The summed E-state index contributed by atoms with van der Waals surface area (Å²) in [6.45, 7) is 6.49. The summed E-state index contributed by atoms with van der Waals surface area (Å²) in [5.41, 5.74) is 9.18. The Morgan fingerprint density at radius 3 is 2.46 bits per heavy atom. The van der Waals surface area contributed by atoms with Crippen molar-refractivity contribution in [3.63, 3.8) is 0 Å². The number of hydrogen-bond acceptors (Lipinski definition) is 4. The molecule has 1 atom stereocenters. The van der Waals surface area contributed by atoms with Crippen molar-refractivity contribution >= 4 is 11.1 Å². The van der Waals surface area contributed by atoms with Gasteiger partial charge in [0, 0.05) is 24.2 Å². The molecule has 3 aromatic carbocycles.